The molecule has 0 bridgehead atoms. The third-order valence-electron chi connectivity index (χ3n) is 2.00. The van der Waals surface area contributed by atoms with E-state index in [2.05, 4.69) is 42.2 Å². The second-order valence-electron chi connectivity index (χ2n) is 3.11. The van der Waals surface area contributed by atoms with Gasteiger partial charge in [-0.05, 0) is 34.1 Å². The fourth-order valence-electron chi connectivity index (χ4n) is 1.20. The van der Waals surface area contributed by atoms with Crippen molar-refractivity contribution in [3.05, 3.63) is 39.5 Å². The van der Waals surface area contributed by atoms with Crippen molar-refractivity contribution in [1.29, 1.82) is 0 Å². The molecule has 0 atom stereocenters. The number of rotatable bonds is 2. The minimum atomic E-state index is 0.818. The van der Waals surface area contributed by atoms with Crippen LogP contribution >= 0.6 is 31.9 Å². The molecule has 0 spiro atoms. The molecule has 0 saturated heterocycles. The predicted molar refractivity (Wildman–Crippen MR) is 68.3 cm³/mol. The van der Waals surface area contributed by atoms with Crippen LogP contribution in [-0.2, 0) is 7.05 Å². The molecule has 0 aliphatic heterocycles. The number of aromatic nitrogens is 2. The molecule has 3 nitrogen and oxygen atoms in total. The van der Waals surface area contributed by atoms with Crippen molar-refractivity contribution in [3.63, 3.8) is 0 Å². The Morgan fingerprint density at radius 1 is 1.33 bits per heavy atom. The van der Waals surface area contributed by atoms with Crippen LogP contribution in [0.1, 0.15) is 0 Å². The lowest BCUT2D eigenvalue weighted by atomic mass is 10.3. The molecule has 0 aliphatic rings. The molecule has 1 aromatic heterocycles. The molecule has 2 aromatic rings. The standard InChI is InChI=1S/C10H9Br2N3/c1-15-5-4-13-10(15)14-9-3-2-7(11)6-8(9)12/h2-6H,1H3,(H,13,14). The van der Waals surface area contributed by atoms with Gasteiger partial charge in [-0.3, -0.25) is 0 Å². The first-order chi connectivity index (χ1) is 7.16. The monoisotopic (exact) mass is 329 g/mol. The highest BCUT2D eigenvalue weighted by atomic mass is 79.9. The molecule has 0 aliphatic carbocycles. The summed E-state index contributed by atoms with van der Waals surface area (Å²) < 4.78 is 3.97. The third kappa shape index (κ3) is 2.41. The van der Waals surface area contributed by atoms with Gasteiger partial charge in [-0.2, -0.15) is 0 Å². The van der Waals surface area contributed by atoms with E-state index in [4.69, 9.17) is 0 Å². The van der Waals surface area contributed by atoms with E-state index in [9.17, 15) is 0 Å². The van der Waals surface area contributed by atoms with Crippen LogP contribution in [-0.4, -0.2) is 9.55 Å². The largest absolute Gasteiger partial charge is 0.325 e. The Balaban J connectivity index is 2.29. The molecule has 0 amide bonds. The molecule has 0 fully saturated rings. The zero-order chi connectivity index (χ0) is 10.8. The molecule has 0 radical (unpaired) electrons. The minimum absolute atomic E-state index is 0.818. The van der Waals surface area contributed by atoms with Gasteiger partial charge in [0.1, 0.15) is 0 Å². The summed E-state index contributed by atoms with van der Waals surface area (Å²) in [6.07, 6.45) is 3.66. The average molecular weight is 331 g/mol. The third-order valence-corrected chi connectivity index (χ3v) is 3.15. The molecule has 1 aromatic carbocycles. The fraction of sp³-hybridized carbons (Fsp3) is 0.100. The lowest BCUT2D eigenvalue weighted by Crippen LogP contribution is -1.98. The Bertz CT molecular complexity index is 479. The maximum absolute atomic E-state index is 4.19. The van der Waals surface area contributed by atoms with Gasteiger partial charge in [-0.15, -0.1) is 0 Å². The number of nitrogens with zero attached hydrogens (tertiary/aromatic N) is 2. The molecular formula is C10H9Br2N3. The van der Waals surface area contributed by atoms with E-state index >= 15 is 0 Å². The van der Waals surface area contributed by atoms with Crippen molar-refractivity contribution in [2.75, 3.05) is 5.32 Å². The van der Waals surface area contributed by atoms with Crippen LogP contribution in [0.15, 0.2) is 39.5 Å². The van der Waals surface area contributed by atoms with E-state index in [0.717, 1.165) is 20.6 Å². The number of hydrogen-bond acceptors (Lipinski definition) is 2. The van der Waals surface area contributed by atoms with Crippen molar-refractivity contribution in [3.8, 4) is 0 Å². The van der Waals surface area contributed by atoms with Gasteiger partial charge in [-0.1, -0.05) is 15.9 Å². The van der Waals surface area contributed by atoms with Gasteiger partial charge in [0, 0.05) is 28.4 Å². The SMILES string of the molecule is Cn1ccnc1Nc1ccc(Br)cc1Br. The average Bonchev–Trinajstić information content (AvgIpc) is 2.57. The van der Waals surface area contributed by atoms with Crippen molar-refractivity contribution < 1.29 is 0 Å². The van der Waals surface area contributed by atoms with Crippen LogP contribution in [0, 0.1) is 0 Å². The lowest BCUT2D eigenvalue weighted by Gasteiger charge is -2.08. The van der Waals surface area contributed by atoms with Crippen LogP contribution in [0.2, 0.25) is 0 Å². The van der Waals surface area contributed by atoms with Crippen molar-refractivity contribution in [2.45, 2.75) is 0 Å². The van der Waals surface area contributed by atoms with Crippen molar-refractivity contribution in [2.24, 2.45) is 7.05 Å². The van der Waals surface area contributed by atoms with Crippen LogP contribution in [0.5, 0.6) is 0 Å². The molecule has 0 saturated carbocycles. The number of aryl methyl sites for hydroxylation is 1. The van der Waals surface area contributed by atoms with Crippen LogP contribution in [0.4, 0.5) is 11.6 Å². The molecule has 78 valence electrons. The summed E-state index contributed by atoms with van der Waals surface area (Å²) in [6.45, 7) is 0. The Labute approximate surface area is 105 Å². The summed E-state index contributed by atoms with van der Waals surface area (Å²) in [6, 6.07) is 5.96. The molecule has 0 unspecified atom stereocenters. The Morgan fingerprint density at radius 2 is 2.13 bits per heavy atom. The van der Waals surface area contributed by atoms with Crippen LogP contribution in [0.25, 0.3) is 0 Å². The van der Waals surface area contributed by atoms with E-state index in [1.807, 2.05) is 36.0 Å². The first kappa shape index (κ1) is 10.7. The number of nitrogens with one attached hydrogen (secondary N) is 1. The van der Waals surface area contributed by atoms with E-state index in [0.29, 0.717) is 0 Å². The fourth-order valence-corrected chi connectivity index (χ4v) is 2.34. The van der Waals surface area contributed by atoms with E-state index in [1.165, 1.54) is 0 Å². The smallest absolute Gasteiger partial charge is 0.207 e. The quantitative estimate of drug-likeness (QED) is 0.910. The number of hydrogen-bond donors (Lipinski definition) is 1. The minimum Gasteiger partial charge on any atom is -0.325 e. The van der Waals surface area contributed by atoms with Gasteiger partial charge in [0.15, 0.2) is 0 Å². The van der Waals surface area contributed by atoms with Gasteiger partial charge in [0.2, 0.25) is 5.95 Å². The van der Waals surface area contributed by atoms with Crippen molar-refractivity contribution >= 4 is 43.5 Å². The predicted octanol–water partition coefficient (Wildman–Crippen LogP) is 3.69. The molecule has 5 heteroatoms. The normalized spacial score (nSPS) is 10.3. The number of benzene rings is 1. The zero-order valence-corrected chi connectivity index (χ0v) is 11.2. The lowest BCUT2D eigenvalue weighted by molar-refractivity contribution is 0.924. The van der Waals surface area contributed by atoms with Crippen LogP contribution in [0.3, 0.4) is 0 Å². The number of halogens is 2. The summed E-state index contributed by atoms with van der Waals surface area (Å²) in [4.78, 5) is 4.19. The Kier molecular flexibility index (Phi) is 3.11. The van der Waals surface area contributed by atoms with E-state index in [-0.39, 0.29) is 0 Å². The Hall–Kier alpha value is -0.810. The molecule has 15 heavy (non-hydrogen) atoms. The zero-order valence-electron chi connectivity index (χ0n) is 8.04. The number of anilines is 2. The summed E-state index contributed by atoms with van der Waals surface area (Å²) in [5.74, 6) is 0.818. The van der Waals surface area contributed by atoms with Gasteiger partial charge in [0.25, 0.3) is 0 Å². The summed E-state index contributed by atoms with van der Waals surface area (Å²) in [5, 5.41) is 3.23. The summed E-state index contributed by atoms with van der Waals surface area (Å²) >= 11 is 6.90. The van der Waals surface area contributed by atoms with Gasteiger partial charge >= 0.3 is 0 Å². The summed E-state index contributed by atoms with van der Waals surface area (Å²) in [7, 11) is 1.95. The topological polar surface area (TPSA) is 29.9 Å². The van der Waals surface area contributed by atoms with E-state index in [1.54, 1.807) is 6.20 Å². The summed E-state index contributed by atoms with van der Waals surface area (Å²) in [5.41, 5.74) is 0.993. The number of imidazole rings is 1. The van der Waals surface area contributed by atoms with Crippen molar-refractivity contribution in [1.82, 2.24) is 9.55 Å². The first-order valence-corrected chi connectivity index (χ1v) is 5.95. The maximum atomic E-state index is 4.19. The van der Waals surface area contributed by atoms with Gasteiger partial charge in [-0.25, -0.2) is 4.98 Å². The highest BCUT2D eigenvalue weighted by Crippen LogP contribution is 2.28. The molecule has 2 rings (SSSR count). The Morgan fingerprint density at radius 3 is 2.73 bits per heavy atom. The van der Waals surface area contributed by atoms with E-state index < -0.39 is 0 Å². The highest BCUT2D eigenvalue weighted by Gasteiger charge is 2.03. The van der Waals surface area contributed by atoms with Gasteiger partial charge in [0.05, 0.1) is 5.69 Å². The van der Waals surface area contributed by atoms with Gasteiger partial charge < -0.3 is 9.88 Å². The molecular weight excluding hydrogens is 322 g/mol. The van der Waals surface area contributed by atoms with Crippen LogP contribution < -0.4 is 5.32 Å². The second kappa shape index (κ2) is 4.37. The molecule has 1 N–H and O–H groups in total. The molecule has 1 heterocycles. The maximum Gasteiger partial charge on any atom is 0.207 e. The highest BCUT2D eigenvalue weighted by molar-refractivity contribution is 9.11. The first-order valence-electron chi connectivity index (χ1n) is 4.36. The second-order valence-corrected chi connectivity index (χ2v) is 4.88.